The molecule has 0 atom stereocenters. The third-order valence-corrected chi connectivity index (χ3v) is 5.67. The molecular weight excluding hydrogens is 583 g/mol. The predicted molar refractivity (Wildman–Crippen MR) is 124 cm³/mol. The van der Waals surface area contributed by atoms with Crippen LogP contribution in [0.5, 0.6) is 0 Å². The largest absolute Gasteiger partial charge is 2.00 e. The number of carboxylic acids is 2. The van der Waals surface area contributed by atoms with E-state index in [-0.39, 0.29) is 27.3 Å². The summed E-state index contributed by atoms with van der Waals surface area (Å²) in [5.41, 5.74) is 7.45. The molecule has 2 rings (SSSR count). The fourth-order valence-corrected chi connectivity index (χ4v) is 4.22. The Morgan fingerprint density at radius 1 is 0.548 bits per heavy atom. The van der Waals surface area contributed by atoms with Crippen LogP contribution in [0, 0.1) is 0 Å². The van der Waals surface area contributed by atoms with E-state index in [1.807, 2.05) is 26.0 Å². The van der Waals surface area contributed by atoms with E-state index in [0.717, 1.165) is 49.7 Å². The number of rotatable bonds is 8. The third-order valence-electron chi connectivity index (χ3n) is 5.67. The molecule has 0 heterocycles. The number of carbonyl (C=O) groups is 2. The van der Waals surface area contributed by atoms with Crippen molar-refractivity contribution in [2.75, 3.05) is 0 Å². The minimum Gasteiger partial charge on any atom is -0.545 e. The van der Waals surface area contributed by atoms with Crippen molar-refractivity contribution < 1.29 is 19.8 Å². The van der Waals surface area contributed by atoms with Gasteiger partial charge in [-0.15, -0.1) is 0 Å². The molecular formula is C26H34O4Pb. The number of hydrogen-bond donors (Lipinski definition) is 0. The van der Waals surface area contributed by atoms with E-state index >= 15 is 0 Å². The standard InChI is InChI=1S/2C13H18O2.Pb/c2*1-4-9-7-8-12(13(14)15)11(6-3)10(9)5-2;/h2*7-8H,4-6H2,1-3H3,(H,14,15);/q;;+2/p-2. The smallest absolute Gasteiger partial charge is 0.545 e. The quantitative estimate of drug-likeness (QED) is 0.427. The van der Waals surface area contributed by atoms with Crippen LogP contribution in [0.2, 0.25) is 0 Å². The number of benzene rings is 2. The number of carboxylic acid groups (broad SMARTS) is 2. The molecule has 0 bridgehead atoms. The molecule has 0 aliphatic rings. The zero-order valence-electron chi connectivity index (χ0n) is 19.7. The maximum atomic E-state index is 10.9. The van der Waals surface area contributed by atoms with Gasteiger partial charge in [0.1, 0.15) is 0 Å². The molecule has 0 aliphatic carbocycles. The van der Waals surface area contributed by atoms with Gasteiger partial charge < -0.3 is 19.8 Å². The van der Waals surface area contributed by atoms with Crippen LogP contribution < -0.4 is 10.2 Å². The van der Waals surface area contributed by atoms with Crippen LogP contribution in [-0.2, 0) is 38.5 Å². The predicted octanol–water partition coefficient (Wildman–Crippen LogP) is 3.09. The molecule has 0 saturated carbocycles. The first-order valence-electron chi connectivity index (χ1n) is 11.0. The van der Waals surface area contributed by atoms with Crippen molar-refractivity contribution in [3.63, 3.8) is 0 Å². The summed E-state index contributed by atoms with van der Waals surface area (Å²) in [4.78, 5) is 21.9. The first-order valence-corrected chi connectivity index (χ1v) is 11.0. The van der Waals surface area contributed by atoms with Crippen molar-refractivity contribution in [2.24, 2.45) is 0 Å². The summed E-state index contributed by atoms with van der Waals surface area (Å²) in [6.07, 6.45) is 5.16. The normalized spacial score (nSPS) is 10.0. The summed E-state index contributed by atoms with van der Waals surface area (Å²) in [6.45, 7) is 12.3. The van der Waals surface area contributed by atoms with Crippen molar-refractivity contribution in [1.29, 1.82) is 0 Å². The van der Waals surface area contributed by atoms with E-state index in [4.69, 9.17) is 0 Å². The van der Waals surface area contributed by atoms with Crippen LogP contribution in [0.15, 0.2) is 24.3 Å². The molecule has 0 aromatic heterocycles. The van der Waals surface area contributed by atoms with Crippen LogP contribution in [0.25, 0.3) is 0 Å². The Kier molecular flexibility index (Phi) is 13.6. The van der Waals surface area contributed by atoms with Crippen molar-refractivity contribution in [3.8, 4) is 0 Å². The van der Waals surface area contributed by atoms with Gasteiger partial charge in [-0.2, -0.15) is 0 Å². The molecule has 2 aromatic rings. The Balaban J connectivity index is 0.000000562. The molecule has 2 radical (unpaired) electrons. The van der Waals surface area contributed by atoms with Crippen LogP contribution >= 0.6 is 0 Å². The summed E-state index contributed by atoms with van der Waals surface area (Å²) < 4.78 is 0. The molecule has 2 aromatic carbocycles. The molecule has 0 fully saturated rings. The summed E-state index contributed by atoms with van der Waals surface area (Å²) >= 11 is 0. The van der Waals surface area contributed by atoms with Gasteiger partial charge in [0.25, 0.3) is 0 Å². The molecule has 0 aliphatic heterocycles. The Morgan fingerprint density at radius 3 is 1.03 bits per heavy atom. The Labute approximate surface area is 207 Å². The van der Waals surface area contributed by atoms with Gasteiger partial charge in [0.2, 0.25) is 0 Å². The zero-order valence-corrected chi connectivity index (χ0v) is 23.6. The molecule has 4 nitrogen and oxygen atoms in total. The van der Waals surface area contributed by atoms with Crippen LogP contribution in [0.3, 0.4) is 0 Å². The van der Waals surface area contributed by atoms with Crippen molar-refractivity contribution >= 4 is 39.2 Å². The van der Waals surface area contributed by atoms with Crippen LogP contribution in [0.1, 0.15) is 95.6 Å². The van der Waals surface area contributed by atoms with E-state index in [9.17, 15) is 19.8 Å². The Hall–Kier alpha value is -1.70. The minimum atomic E-state index is -1.07. The molecule has 0 N–H and O–H groups in total. The minimum absolute atomic E-state index is 0. The molecule has 166 valence electrons. The summed E-state index contributed by atoms with van der Waals surface area (Å²) in [5, 5.41) is 21.9. The summed E-state index contributed by atoms with van der Waals surface area (Å²) in [6, 6.07) is 7.16. The number of aromatic carboxylic acids is 2. The number of carbonyl (C=O) groups excluding carboxylic acids is 2. The van der Waals surface area contributed by atoms with Crippen LogP contribution in [0.4, 0.5) is 0 Å². The van der Waals surface area contributed by atoms with E-state index in [0.29, 0.717) is 11.1 Å². The molecule has 31 heavy (non-hydrogen) atoms. The average molecular weight is 618 g/mol. The second-order valence-electron chi connectivity index (χ2n) is 7.15. The van der Waals surface area contributed by atoms with Crippen molar-refractivity contribution in [3.05, 3.63) is 68.8 Å². The Bertz CT molecular complexity index is 814. The van der Waals surface area contributed by atoms with E-state index in [1.54, 1.807) is 12.1 Å². The number of hydrogen-bond acceptors (Lipinski definition) is 4. The van der Waals surface area contributed by atoms with Crippen molar-refractivity contribution in [2.45, 2.75) is 80.1 Å². The first kappa shape index (κ1) is 29.3. The van der Waals surface area contributed by atoms with Gasteiger partial charge in [0.15, 0.2) is 0 Å². The molecule has 0 saturated heterocycles. The van der Waals surface area contributed by atoms with E-state index in [2.05, 4.69) is 27.7 Å². The second kappa shape index (κ2) is 14.4. The van der Waals surface area contributed by atoms with Gasteiger partial charge in [-0.3, -0.25) is 0 Å². The van der Waals surface area contributed by atoms with Gasteiger partial charge in [0.05, 0.1) is 11.9 Å². The summed E-state index contributed by atoms with van der Waals surface area (Å²) in [5.74, 6) is -2.13. The van der Waals surface area contributed by atoms with E-state index < -0.39 is 11.9 Å². The Morgan fingerprint density at radius 2 is 0.839 bits per heavy atom. The average Bonchev–Trinajstić information content (AvgIpc) is 2.76. The molecule has 0 unspecified atom stereocenters. The summed E-state index contributed by atoms with van der Waals surface area (Å²) in [7, 11) is 0. The van der Waals surface area contributed by atoms with Gasteiger partial charge in [-0.05, 0) is 71.9 Å². The third kappa shape index (κ3) is 7.16. The topological polar surface area (TPSA) is 80.3 Å². The van der Waals surface area contributed by atoms with Crippen LogP contribution in [-0.4, -0.2) is 39.2 Å². The second-order valence-corrected chi connectivity index (χ2v) is 7.15. The van der Waals surface area contributed by atoms with Gasteiger partial charge in [-0.1, -0.05) is 65.8 Å². The van der Waals surface area contributed by atoms with Crippen molar-refractivity contribution in [1.82, 2.24) is 0 Å². The molecule has 0 spiro atoms. The fraction of sp³-hybridized carbons (Fsp3) is 0.462. The molecule has 0 amide bonds. The first-order chi connectivity index (χ1) is 14.3. The molecule has 5 heteroatoms. The zero-order chi connectivity index (χ0) is 22.8. The van der Waals surface area contributed by atoms with Gasteiger partial charge in [0, 0.05) is 11.1 Å². The SMILES string of the molecule is CCc1ccc(C(=O)[O-])c(CC)c1CC.CCc1ccc(C(=O)[O-])c(CC)c1CC.[Pb+2]. The maximum absolute atomic E-state index is 10.9. The maximum Gasteiger partial charge on any atom is 2.00 e. The van der Waals surface area contributed by atoms with Gasteiger partial charge in [-0.25, -0.2) is 0 Å². The monoisotopic (exact) mass is 618 g/mol. The van der Waals surface area contributed by atoms with Gasteiger partial charge >= 0.3 is 27.3 Å². The van der Waals surface area contributed by atoms with E-state index in [1.165, 1.54) is 22.3 Å². The fourth-order valence-electron chi connectivity index (χ4n) is 4.22. The number of aryl methyl sites for hydroxylation is 2.